The molecule has 0 bridgehead atoms. The summed E-state index contributed by atoms with van der Waals surface area (Å²) in [6, 6.07) is 20.2. The molecule has 2 amide bonds. The lowest BCUT2D eigenvalue weighted by atomic mass is 10.1. The number of hydrogen-bond donors (Lipinski definition) is 3. The quantitative estimate of drug-likeness (QED) is 0.669. The zero-order chi connectivity index (χ0) is 17.5. The fourth-order valence-corrected chi connectivity index (χ4v) is 2.38. The molecular formula is C19H18N4O2. The number of benzene rings is 2. The van der Waals surface area contributed by atoms with Gasteiger partial charge in [-0.3, -0.25) is 5.32 Å². The zero-order valence-electron chi connectivity index (χ0n) is 13.5. The molecule has 6 heteroatoms. The van der Waals surface area contributed by atoms with Gasteiger partial charge in [-0.15, -0.1) is 10.2 Å². The molecule has 126 valence electrons. The van der Waals surface area contributed by atoms with Crippen molar-refractivity contribution in [3.63, 3.8) is 0 Å². The number of anilines is 1. The van der Waals surface area contributed by atoms with Crippen molar-refractivity contribution in [2.45, 2.75) is 13.2 Å². The second-order valence-corrected chi connectivity index (χ2v) is 5.40. The van der Waals surface area contributed by atoms with Crippen molar-refractivity contribution < 1.29 is 9.90 Å². The molecule has 6 nitrogen and oxygen atoms in total. The maximum Gasteiger partial charge on any atom is 0.320 e. The van der Waals surface area contributed by atoms with Gasteiger partial charge in [-0.25, -0.2) is 4.79 Å². The van der Waals surface area contributed by atoms with E-state index in [1.165, 1.54) is 0 Å². The van der Waals surface area contributed by atoms with Gasteiger partial charge in [0.15, 0.2) is 5.82 Å². The van der Waals surface area contributed by atoms with Crippen molar-refractivity contribution in [1.82, 2.24) is 15.5 Å². The van der Waals surface area contributed by atoms with Crippen LogP contribution in [0.25, 0.3) is 11.3 Å². The molecule has 0 aliphatic carbocycles. The number of amides is 2. The van der Waals surface area contributed by atoms with Gasteiger partial charge in [0.2, 0.25) is 0 Å². The molecule has 1 heterocycles. The van der Waals surface area contributed by atoms with E-state index < -0.39 is 0 Å². The van der Waals surface area contributed by atoms with Crippen LogP contribution in [-0.2, 0) is 13.2 Å². The highest BCUT2D eigenvalue weighted by Gasteiger charge is 2.06. The Kier molecular flexibility index (Phi) is 5.33. The minimum Gasteiger partial charge on any atom is -0.392 e. The topological polar surface area (TPSA) is 87.1 Å². The van der Waals surface area contributed by atoms with E-state index in [0.29, 0.717) is 12.4 Å². The molecule has 0 aliphatic heterocycles. The van der Waals surface area contributed by atoms with Crippen LogP contribution in [0.4, 0.5) is 10.6 Å². The number of carbonyl (C=O) groups is 1. The fraction of sp³-hybridized carbons (Fsp3) is 0.105. The van der Waals surface area contributed by atoms with Crippen LogP contribution in [-0.4, -0.2) is 21.3 Å². The van der Waals surface area contributed by atoms with E-state index >= 15 is 0 Å². The number of carbonyl (C=O) groups excluding carboxylic acids is 1. The predicted octanol–water partition coefficient (Wildman–Crippen LogP) is 2.96. The molecule has 0 aliphatic rings. The van der Waals surface area contributed by atoms with Gasteiger partial charge in [-0.1, -0.05) is 54.6 Å². The van der Waals surface area contributed by atoms with Gasteiger partial charge >= 0.3 is 6.03 Å². The van der Waals surface area contributed by atoms with E-state index in [9.17, 15) is 9.90 Å². The Morgan fingerprint density at radius 3 is 2.28 bits per heavy atom. The normalized spacial score (nSPS) is 10.3. The monoisotopic (exact) mass is 334 g/mol. The summed E-state index contributed by atoms with van der Waals surface area (Å²) in [4.78, 5) is 12.0. The van der Waals surface area contributed by atoms with E-state index in [1.807, 2.05) is 54.6 Å². The number of nitrogens with one attached hydrogen (secondary N) is 2. The maximum absolute atomic E-state index is 12.0. The molecule has 3 aromatic rings. The number of nitrogens with zero attached hydrogens (tertiary/aromatic N) is 2. The Labute approximate surface area is 145 Å². The van der Waals surface area contributed by atoms with Crippen LogP contribution in [0.5, 0.6) is 0 Å². The Morgan fingerprint density at radius 1 is 0.880 bits per heavy atom. The number of rotatable bonds is 5. The number of hydrogen-bond acceptors (Lipinski definition) is 4. The summed E-state index contributed by atoms with van der Waals surface area (Å²) < 4.78 is 0. The Balaban J connectivity index is 1.58. The summed E-state index contributed by atoms with van der Waals surface area (Å²) >= 11 is 0. The van der Waals surface area contributed by atoms with E-state index in [2.05, 4.69) is 20.8 Å². The van der Waals surface area contributed by atoms with Gasteiger partial charge in [0.05, 0.1) is 12.3 Å². The third kappa shape index (κ3) is 4.39. The Hall–Kier alpha value is -3.25. The van der Waals surface area contributed by atoms with Crippen molar-refractivity contribution in [3.8, 4) is 11.3 Å². The summed E-state index contributed by atoms with van der Waals surface area (Å²) in [6.45, 7) is 0.254. The number of aliphatic hydroxyl groups is 1. The molecule has 0 spiro atoms. The van der Waals surface area contributed by atoms with Crippen LogP contribution in [0.1, 0.15) is 11.1 Å². The van der Waals surface area contributed by atoms with Gasteiger partial charge in [-0.05, 0) is 23.3 Å². The first kappa shape index (κ1) is 16.6. The average Bonchev–Trinajstić information content (AvgIpc) is 2.68. The third-order valence-electron chi connectivity index (χ3n) is 3.70. The fourth-order valence-electron chi connectivity index (χ4n) is 2.38. The summed E-state index contributed by atoms with van der Waals surface area (Å²) in [5.74, 6) is 0.368. The van der Waals surface area contributed by atoms with Crippen molar-refractivity contribution >= 4 is 11.8 Å². The lowest BCUT2D eigenvalue weighted by Crippen LogP contribution is -2.29. The van der Waals surface area contributed by atoms with Gasteiger partial charge in [0.1, 0.15) is 0 Å². The molecule has 0 saturated carbocycles. The Morgan fingerprint density at radius 2 is 1.60 bits per heavy atom. The van der Waals surface area contributed by atoms with E-state index in [1.54, 1.807) is 12.1 Å². The van der Waals surface area contributed by atoms with Crippen LogP contribution in [0.2, 0.25) is 0 Å². The number of urea groups is 1. The van der Waals surface area contributed by atoms with E-state index in [-0.39, 0.29) is 12.6 Å². The summed E-state index contributed by atoms with van der Waals surface area (Å²) in [6.07, 6.45) is 0. The molecule has 0 saturated heterocycles. The molecule has 1 aromatic heterocycles. The highest BCUT2D eigenvalue weighted by Crippen LogP contribution is 2.16. The van der Waals surface area contributed by atoms with Crippen LogP contribution in [0.3, 0.4) is 0 Å². The highest BCUT2D eigenvalue weighted by molar-refractivity contribution is 5.88. The molecule has 0 fully saturated rings. The lowest BCUT2D eigenvalue weighted by molar-refractivity contribution is 0.251. The molecular weight excluding hydrogens is 316 g/mol. The standard InChI is InChI=1S/C19H18N4O2/c24-13-16-9-5-4-8-15(16)12-20-19(25)21-18-11-10-17(22-23-18)14-6-2-1-3-7-14/h1-11,24H,12-13H2,(H2,20,21,23,25). The first-order valence-electron chi connectivity index (χ1n) is 7.88. The summed E-state index contributed by atoms with van der Waals surface area (Å²) in [5, 5.41) is 22.8. The van der Waals surface area contributed by atoms with Crippen LogP contribution in [0.15, 0.2) is 66.7 Å². The van der Waals surface area contributed by atoms with Gasteiger partial charge in [0, 0.05) is 12.1 Å². The van der Waals surface area contributed by atoms with Crippen LogP contribution >= 0.6 is 0 Å². The molecule has 3 rings (SSSR count). The second-order valence-electron chi connectivity index (χ2n) is 5.40. The number of aromatic nitrogens is 2. The molecule has 0 atom stereocenters. The average molecular weight is 334 g/mol. The lowest BCUT2D eigenvalue weighted by Gasteiger charge is -2.09. The van der Waals surface area contributed by atoms with Gasteiger partial charge in [-0.2, -0.15) is 0 Å². The highest BCUT2D eigenvalue weighted by atomic mass is 16.3. The third-order valence-corrected chi connectivity index (χ3v) is 3.70. The van der Waals surface area contributed by atoms with Crippen molar-refractivity contribution in [1.29, 1.82) is 0 Å². The Bertz CT molecular complexity index is 836. The van der Waals surface area contributed by atoms with Crippen LogP contribution in [0, 0.1) is 0 Å². The maximum atomic E-state index is 12.0. The van der Waals surface area contributed by atoms with Crippen molar-refractivity contribution in [2.75, 3.05) is 5.32 Å². The summed E-state index contributed by atoms with van der Waals surface area (Å²) in [5.41, 5.74) is 3.36. The van der Waals surface area contributed by atoms with Gasteiger partial charge in [0.25, 0.3) is 0 Å². The first-order chi connectivity index (χ1) is 12.3. The van der Waals surface area contributed by atoms with E-state index in [4.69, 9.17) is 0 Å². The van der Waals surface area contributed by atoms with Crippen molar-refractivity contribution in [3.05, 3.63) is 77.9 Å². The first-order valence-corrected chi connectivity index (χ1v) is 7.88. The van der Waals surface area contributed by atoms with E-state index in [0.717, 1.165) is 22.4 Å². The van der Waals surface area contributed by atoms with Crippen LogP contribution < -0.4 is 10.6 Å². The molecule has 3 N–H and O–H groups in total. The smallest absolute Gasteiger partial charge is 0.320 e. The second kappa shape index (κ2) is 8.03. The minimum absolute atomic E-state index is 0.0636. The molecule has 2 aromatic carbocycles. The summed E-state index contributed by atoms with van der Waals surface area (Å²) in [7, 11) is 0. The SMILES string of the molecule is O=C(NCc1ccccc1CO)Nc1ccc(-c2ccccc2)nn1. The zero-order valence-corrected chi connectivity index (χ0v) is 13.5. The minimum atomic E-state index is -0.380. The van der Waals surface area contributed by atoms with Gasteiger partial charge < -0.3 is 10.4 Å². The molecule has 0 radical (unpaired) electrons. The van der Waals surface area contributed by atoms with Crippen molar-refractivity contribution in [2.24, 2.45) is 0 Å². The largest absolute Gasteiger partial charge is 0.392 e. The molecule has 0 unspecified atom stereocenters. The molecule has 25 heavy (non-hydrogen) atoms. The predicted molar refractivity (Wildman–Crippen MR) is 95.7 cm³/mol. The number of aliphatic hydroxyl groups excluding tert-OH is 1.